The zero-order valence-electron chi connectivity index (χ0n) is 14.2. The van der Waals surface area contributed by atoms with Crippen LogP contribution < -0.4 is 4.74 Å². The molecule has 1 aromatic heterocycles. The molecule has 132 valence electrons. The molecule has 2 aliphatic rings. The van der Waals surface area contributed by atoms with Gasteiger partial charge in [0.1, 0.15) is 17.7 Å². The Hall–Kier alpha value is -1.98. The lowest BCUT2D eigenvalue weighted by atomic mass is 9.88. The van der Waals surface area contributed by atoms with Crippen LogP contribution in [0.15, 0.2) is 48.8 Å². The van der Waals surface area contributed by atoms with E-state index in [1.165, 1.54) is 6.20 Å². The highest BCUT2D eigenvalue weighted by Gasteiger charge is 2.43. The van der Waals surface area contributed by atoms with Crippen LogP contribution in [-0.4, -0.2) is 41.3 Å². The first-order valence-electron chi connectivity index (χ1n) is 8.89. The quantitative estimate of drug-likeness (QED) is 0.853. The molecule has 0 N–H and O–H groups in total. The van der Waals surface area contributed by atoms with Crippen LogP contribution in [0.2, 0.25) is 0 Å². The summed E-state index contributed by atoms with van der Waals surface area (Å²) in [7, 11) is 0. The van der Waals surface area contributed by atoms with Gasteiger partial charge in [-0.2, -0.15) is 0 Å². The van der Waals surface area contributed by atoms with Gasteiger partial charge < -0.3 is 9.47 Å². The van der Waals surface area contributed by atoms with E-state index in [0.29, 0.717) is 18.7 Å². The summed E-state index contributed by atoms with van der Waals surface area (Å²) in [6, 6.07) is 11.7. The van der Waals surface area contributed by atoms with Gasteiger partial charge in [0.2, 0.25) is 0 Å². The van der Waals surface area contributed by atoms with Gasteiger partial charge in [-0.1, -0.05) is 18.2 Å². The van der Waals surface area contributed by atoms with E-state index in [1.807, 2.05) is 30.3 Å². The summed E-state index contributed by atoms with van der Waals surface area (Å²) in [5.74, 6) is 0.676. The fourth-order valence-corrected chi connectivity index (χ4v) is 3.81. The molecule has 4 nitrogen and oxygen atoms in total. The Morgan fingerprint density at radius 1 is 1.20 bits per heavy atom. The van der Waals surface area contributed by atoms with Crippen LogP contribution in [0.5, 0.6) is 5.75 Å². The largest absolute Gasteiger partial charge is 0.488 e. The zero-order valence-corrected chi connectivity index (χ0v) is 14.2. The van der Waals surface area contributed by atoms with Gasteiger partial charge in [0, 0.05) is 37.8 Å². The molecule has 0 saturated carbocycles. The summed E-state index contributed by atoms with van der Waals surface area (Å²) in [4.78, 5) is 6.10. The second-order valence-corrected chi connectivity index (χ2v) is 6.99. The van der Waals surface area contributed by atoms with E-state index >= 15 is 0 Å². The highest BCUT2D eigenvalue weighted by Crippen LogP contribution is 2.37. The number of hydrogen-bond donors (Lipinski definition) is 0. The molecule has 1 spiro atoms. The predicted molar refractivity (Wildman–Crippen MR) is 92.9 cm³/mol. The molecule has 0 amide bonds. The summed E-state index contributed by atoms with van der Waals surface area (Å²) in [5, 5.41) is 0. The van der Waals surface area contributed by atoms with Crippen molar-refractivity contribution in [2.45, 2.75) is 37.5 Å². The number of hydrogen-bond acceptors (Lipinski definition) is 4. The van der Waals surface area contributed by atoms with E-state index in [1.54, 1.807) is 12.3 Å². The minimum Gasteiger partial charge on any atom is -0.488 e. The Morgan fingerprint density at radius 3 is 2.76 bits per heavy atom. The first-order valence-corrected chi connectivity index (χ1v) is 8.89. The standard InChI is InChI=1S/C20H23FN2O2/c21-19-13-22-9-6-16(19)14-23-10-7-20(8-11-23)12-18(15-24-20)25-17-4-2-1-3-5-17/h1-6,9,13,18H,7-8,10-12,14-15H2/t18-/m0/s1. The van der Waals surface area contributed by atoms with E-state index < -0.39 is 0 Å². The van der Waals surface area contributed by atoms with Gasteiger partial charge >= 0.3 is 0 Å². The van der Waals surface area contributed by atoms with Crippen LogP contribution in [0.4, 0.5) is 4.39 Å². The van der Waals surface area contributed by atoms with Crippen molar-refractivity contribution in [3.63, 3.8) is 0 Å². The summed E-state index contributed by atoms with van der Waals surface area (Å²) < 4.78 is 26.0. The van der Waals surface area contributed by atoms with Crippen LogP contribution >= 0.6 is 0 Å². The summed E-state index contributed by atoms with van der Waals surface area (Å²) in [6.45, 7) is 3.11. The average molecular weight is 342 g/mol. The van der Waals surface area contributed by atoms with Gasteiger partial charge in [0.15, 0.2) is 0 Å². The minimum atomic E-state index is -0.226. The van der Waals surface area contributed by atoms with E-state index in [2.05, 4.69) is 9.88 Å². The maximum Gasteiger partial charge on any atom is 0.145 e. The fourth-order valence-electron chi connectivity index (χ4n) is 3.81. The lowest BCUT2D eigenvalue weighted by molar-refractivity contribution is -0.0456. The molecule has 25 heavy (non-hydrogen) atoms. The molecule has 4 rings (SSSR count). The highest BCUT2D eigenvalue weighted by molar-refractivity contribution is 5.21. The number of ether oxygens (including phenoxy) is 2. The second kappa shape index (κ2) is 7.10. The number of likely N-dealkylation sites (tertiary alicyclic amines) is 1. The summed E-state index contributed by atoms with van der Waals surface area (Å²) in [6.07, 6.45) is 5.91. The molecule has 2 fully saturated rings. The maximum absolute atomic E-state index is 13.8. The van der Waals surface area contributed by atoms with Crippen molar-refractivity contribution < 1.29 is 13.9 Å². The average Bonchev–Trinajstić information content (AvgIpc) is 3.02. The number of piperidine rings is 1. The Bertz CT molecular complexity index is 702. The Morgan fingerprint density at radius 2 is 2.00 bits per heavy atom. The third kappa shape index (κ3) is 3.83. The lowest BCUT2D eigenvalue weighted by Crippen LogP contribution is -2.44. The van der Waals surface area contributed by atoms with Gasteiger partial charge in [-0.05, 0) is 31.0 Å². The Labute approximate surface area is 147 Å². The lowest BCUT2D eigenvalue weighted by Gasteiger charge is -2.38. The molecular weight excluding hydrogens is 319 g/mol. The van der Waals surface area contributed by atoms with Crippen LogP contribution in [0.3, 0.4) is 0 Å². The summed E-state index contributed by atoms with van der Waals surface area (Å²) >= 11 is 0. The molecule has 2 saturated heterocycles. The molecule has 5 heteroatoms. The van der Waals surface area contributed by atoms with Crippen LogP contribution in [0.1, 0.15) is 24.8 Å². The second-order valence-electron chi connectivity index (χ2n) is 6.99. The number of aromatic nitrogens is 1. The number of halogens is 1. The molecule has 2 aromatic rings. The third-order valence-electron chi connectivity index (χ3n) is 5.24. The molecule has 3 heterocycles. The Kier molecular flexibility index (Phi) is 4.68. The van der Waals surface area contributed by atoms with Gasteiger partial charge in [0.25, 0.3) is 0 Å². The highest BCUT2D eigenvalue weighted by atomic mass is 19.1. The maximum atomic E-state index is 13.8. The minimum absolute atomic E-state index is 0.0767. The molecule has 2 aliphatic heterocycles. The molecular formula is C20H23FN2O2. The molecule has 0 bridgehead atoms. The van der Waals surface area contributed by atoms with Gasteiger partial charge in [-0.25, -0.2) is 4.39 Å². The van der Waals surface area contributed by atoms with Crippen molar-refractivity contribution in [3.05, 3.63) is 60.2 Å². The number of rotatable bonds is 4. The monoisotopic (exact) mass is 342 g/mol. The topological polar surface area (TPSA) is 34.6 Å². The van der Waals surface area contributed by atoms with E-state index in [4.69, 9.17) is 9.47 Å². The van der Waals surface area contributed by atoms with Gasteiger partial charge in [-0.3, -0.25) is 9.88 Å². The van der Waals surface area contributed by atoms with Gasteiger partial charge in [-0.15, -0.1) is 0 Å². The molecule has 0 unspecified atom stereocenters. The fraction of sp³-hybridized carbons (Fsp3) is 0.450. The molecule has 1 aromatic carbocycles. The SMILES string of the molecule is Fc1cnccc1CN1CCC2(CC1)C[C@H](Oc1ccccc1)CO2. The van der Waals surface area contributed by atoms with Crippen molar-refractivity contribution in [3.8, 4) is 5.75 Å². The summed E-state index contributed by atoms with van der Waals surface area (Å²) in [5.41, 5.74) is 0.635. The van der Waals surface area contributed by atoms with E-state index in [9.17, 15) is 4.39 Å². The first-order chi connectivity index (χ1) is 12.2. The zero-order chi connectivity index (χ0) is 17.1. The van der Waals surface area contributed by atoms with Crippen molar-refractivity contribution in [1.82, 2.24) is 9.88 Å². The number of para-hydroxylation sites is 1. The van der Waals surface area contributed by atoms with E-state index in [0.717, 1.165) is 38.1 Å². The van der Waals surface area contributed by atoms with Crippen molar-refractivity contribution >= 4 is 0 Å². The number of nitrogens with zero attached hydrogens (tertiary/aromatic N) is 2. The molecule has 1 atom stereocenters. The smallest absolute Gasteiger partial charge is 0.145 e. The van der Waals surface area contributed by atoms with Crippen molar-refractivity contribution in [2.24, 2.45) is 0 Å². The molecule has 0 aliphatic carbocycles. The van der Waals surface area contributed by atoms with Gasteiger partial charge in [0.05, 0.1) is 18.4 Å². The Balaban J connectivity index is 1.30. The number of pyridine rings is 1. The first kappa shape index (κ1) is 16.5. The number of benzene rings is 1. The normalized spacial score (nSPS) is 23.0. The molecule has 0 radical (unpaired) electrons. The van der Waals surface area contributed by atoms with Crippen LogP contribution in [0.25, 0.3) is 0 Å². The third-order valence-corrected chi connectivity index (χ3v) is 5.24. The van der Waals surface area contributed by atoms with Crippen LogP contribution in [-0.2, 0) is 11.3 Å². The van der Waals surface area contributed by atoms with E-state index in [-0.39, 0.29) is 17.5 Å². The predicted octanol–water partition coefficient (Wildman–Crippen LogP) is 3.42. The van der Waals surface area contributed by atoms with Crippen molar-refractivity contribution in [1.29, 1.82) is 0 Å². The van der Waals surface area contributed by atoms with Crippen molar-refractivity contribution in [2.75, 3.05) is 19.7 Å². The van der Waals surface area contributed by atoms with Crippen LogP contribution in [0, 0.1) is 5.82 Å².